The molecule has 0 atom stereocenters. The Kier molecular flexibility index (Phi) is 4.42. The molecule has 18 heavy (non-hydrogen) atoms. The van der Waals surface area contributed by atoms with E-state index in [1.807, 2.05) is 31.2 Å². The topological polar surface area (TPSA) is 40.6 Å². The summed E-state index contributed by atoms with van der Waals surface area (Å²) in [5.74, 6) is 0. The third-order valence-corrected chi connectivity index (χ3v) is 5.51. The maximum Gasteiger partial charge on any atom is 0.282 e. The van der Waals surface area contributed by atoms with Gasteiger partial charge in [-0.05, 0) is 24.1 Å². The van der Waals surface area contributed by atoms with Crippen molar-refractivity contribution in [3.05, 3.63) is 34.3 Å². The van der Waals surface area contributed by atoms with Crippen LogP contribution < -0.4 is 0 Å². The van der Waals surface area contributed by atoms with Gasteiger partial charge in [0.2, 0.25) is 0 Å². The third kappa shape index (κ3) is 2.93. The first kappa shape index (κ1) is 14.0. The standard InChI is InChI=1S/C12H17BrN2O2S/c1-2-7-14-8-9-15(18(14,16)17)10-11-3-5-12(13)6-4-11/h3-6H,2,7-10H2,1H3. The van der Waals surface area contributed by atoms with Crippen LogP contribution in [0.5, 0.6) is 0 Å². The highest BCUT2D eigenvalue weighted by atomic mass is 79.9. The van der Waals surface area contributed by atoms with Crippen molar-refractivity contribution in [1.82, 2.24) is 8.61 Å². The monoisotopic (exact) mass is 332 g/mol. The number of rotatable bonds is 4. The van der Waals surface area contributed by atoms with E-state index in [0.717, 1.165) is 16.5 Å². The van der Waals surface area contributed by atoms with E-state index in [0.29, 0.717) is 26.2 Å². The molecule has 0 N–H and O–H groups in total. The van der Waals surface area contributed by atoms with E-state index in [9.17, 15) is 8.42 Å². The van der Waals surface area contributed by atoms with E-state index in [2.05, 4.69) is 15.9 Å². The van der Waals surface area contributed by atoms with Crippen molar-refractivity contribution in [2.45, 2.75) is 19.9 Å². The van der Waals surface area contributed by atoms with Crippen LogP contribution in [0.2, 0.25) is 0 Å². The van der Waals surface area contributed by atoms with E-state index in [4.69, 9.17) is 0 Å². The Hall–Kier alpha value is -0.430. The van der Waals surface area contributed by atoms with Crippen LogP contribution in [0.25, 0.3) is 0 Å². The molecule has 0 aliphatic carbocycles. The number of halogens is 1. The van der Waals surface area contributed by atoms with Crippen molar-refractivity contribution in [2.24, 2.45) is 0 Å². The molecule has 0 spiro atoms. The van der Waals surface area contributed by atoms with E-state index in [1.54, 1.807) is 8.61 Å². The van der Waals surface area contributed by atoms with Crippen LogP contribution in [0.15, 0.2) is 28.7 Å². The number of nitrogens with zero attached hydrogens (tertiary/aromatic N) is 2. The van der Waals surface area contributed by atoms with E-state index >= 15 is 0 Å². The molecule has 1 aromatic carbocycles. The highest BCUT2D eigenvalue weighted by Crippen LogP contribution is 2.20. The van der Waals surface area contributed by atoms with Gasteiger partial charge in [-0.1, -0.05) is 35.0 Å². The van der Waals surface area contributed by atoms with Gasteiger partial charge in [0, 0.05) is 30.7 Å². The fourth-order valence-electron chi connectivity index (χ4n) is 2.05. The van der Waals surface area contributed by atoms with Crippen LogP contribution >= 0.6 is 15.9 Å². The molecule has 0 unspecified atom stereocenters. The van der Waals surface area contributed by atoms with Gasteiger partial charge < -0.3 is 0 Å². The van der Waals surface area contributed by atoms with E-state index < -0.39 is 10.2 Å². The summed E-state index contributed by atoms with van der Waals surface area (Å²) >= 11 is 3.37. The van der Waals surface area contributed by atoms with Gasteiger partial charge >= 0.3 is 0 Å². The van der Waals surface area contributed by atoms with Crippen molar-refractivity contribution in [1.29, 1.82) is 0 Å². The molecule has 6 heteroatoms. The molecule has 0 aromatic heterocycles. The molecule has 1 aromatic rings. The summed E-state index contributed by atoms with van der Waals surface area (Å²) < 4.78 is 28.5. The third-order valence-electron chi connectivity index (χ3n) is 3.00. The summed E-state index contributed by atoms with van der Waals surface area (Å²) in [4.78, 5) is 0. The normalized spacial score (nSPS) is 20.3. The van der Waals surface area contributed by atoms with Gasteiger partial charge in [-0.25, -0.2) is 0 Å². The van der Waals surface area contributed by atoms with Crippen molar-refractivity contribution in [3.8, 4) is 0 Å². The Morgan fingerprint density at radius 3 is 2.39 bits per heavy atom. The van der Waals surface area contributed by atoms with Crippen molar-refractivity contribution >= 4 is 26.1 Å². The van der Waals surface area contributed by atoms with E-state index in [1.165, 1.54) is 0 Å². The minimum Gasteiger partial charge on any atom is -0.195 e. The average Bonchev–Trinajstić information content (AvgIpc) is 2.60. The first-order chi connectivity index (χ1) is 8.54. The SMILES string of the molecule is CCCN1CCN(Cc2ccc(Br)cc2)S1(=O)=O. The molecular weight excluding hydrogens is 316 g/mol. The predicted octanol–water partition coefficient (Wildman–Crippen LogP) is 2.22. The van der Waals surface area contributed by atoms with Gasteiger partial charge in [0.05, 0.1) is 0 Å². The number of hydrogen-bond acceptors (Lipinski definition) is 2. The van der Waals surface area contributed by atoms with Gasteiger partial charge in [-0.3, -0.25) is 0 Å². The second-order valence-corrected chi connectivity index (χ2v) is 7.21. The van der Waals surface area contributed by atoms with Crippen molar-refractivity contribution in [2.75, 3.05) is 19.6 Å². The molecule has 100 valence electrons. The Bertz CT molecular complexity index is 501. The first-order valence-corrected chi connectivity index (χ1v) is 8.22. The first-order valence-electron chi connectivity index (χ1n) is 6.03. The van der Waals surface area contributed by atoms with Crippen LogP contribution in [-0.2, 0) is 16.8 Å². The lowest BCUT2D eigenvalue weighted by molar-refractivity contribution is 0.439. The molecule has 4 nitrogen and oxygen atoms in total. The lowest BCUT2D eigenvalue weighted by atomic mass is 10.2. The maximum absolute atomic E-state index is 12.2. The second kappa shape index (κ2) is 5.69. The molecule has 1 aliphatic rings. The molecular formula is C12H17BrN2O2S. The van der Waals surface area contributed by atoms with Crippen LogP contribution in [0.3, 0.4) is 0 Å². The summed E-state index contributed by atoms with van der Waals surface area (Å²) in [6.07, 6.45) is 0.853. The highest BCUT2D eigenvalue weighted by Gasteiger charge is 2.35. The zero-order valence-corrected chi connectivity index (χ0v) is 12.7. The van der Waals surface area contributed by atoms with Crippen LogP contribution in [0.4, 0.5) is 0 Å². The zero-order chi connectivity index (χ0) is 13.2. The lowest BCUT2D eigenvalue weighted by Crippen LogP contribution is -2.33. The predicted molar refractivity (Wildman–Crippen MR) is 75.3 cm³/mol. The fraction of sp³-hybridized carbons (Fsp3) is 0.500. The molecule has 1 heterocycles. The molecule has 1 aliphatic heterocycles. The summed E-state index contributed by atoms with van der Waals surface area (Å²) in [7, 11) is -3.24. The minimum absolute atomic E-state index is 0.454. The molecule has 0 saturated carbocycles. The zero-order valence-electron chi connectivity index (χ0n) is 10.3. The molecule has 0 radical (unpaired) electrons. The van der Waals surface area contributed by atoms with Gasteiger partial charge in [0.15, 0.2) is 0 Å². The lowest BCUT2D eigenvalue weighted by Gasteiger charge is -2.18. The fourth-order valence-corrected chi connectivity index (χ4v) is 3.99. The molecule has 0 bridgehead atoms. The summed E-state index contributed by atoms with van der Waals surface area (Å²) in [5.41, 5.74) is 1.01. The quantitative estimate of drug-likeness (QED) is 0.848. The molecule has 1 saturated heterocycles. The van der Waals surface area contributed by atoms with Gasteiger partial charge in [0.1, 0.15) is 0 Å². The second-order valence-electron chi connectivity index (χ2n) is 4.37. The summed E-state index contributed by atoms with van der Waals surface area (Å²) in [6, 6.07) is 7.76. The molecule has 2 rings (SSSR count). The van der Waals surface area contributed by atoms with Crippen molar-refractivity contribution in [3.63, 3.8) is 0 Å². The van der Waals surface area contributed by atoms with E-state index in [-0.39, 0.29) is 0 Å². The molecule has 1 fully saturated rings. The summed E-state index contributed by atoms with van der Waals surface area (Å²) in [5, 5.41) is 0. The van der Waals surface area contributed by atoms with Crippen LogP contribution in [-0.4, -0.2) is 36.7 Å². The number of hydrogen-bond donors (Lipinski definition) is 0. The Morgan fingerprint density at radius 2 is 1.78 bits per heavy atom. The van der Waals surface area contributed by atoms with Crippen LogP contribution in [0, 0.1) is 0 Å². The smallest absolute Gasteiger partial charge is 0.195 e. The maximum atomic E-state index is 12.2. The Morgan fingerprint density at radius 1 is 1.17 bits per heavy atom. The van der Waals surface area contributed by atoms with Crippen molar-refractivity contribution < 1.29 is 8.42 Å². The van der Waals surface area contributed by atoms with Gasteiger partial charge in [-0.15, -0.1) is 0 Å². The van der Waals surface area contributed by atoms with Gasteiger partial charge in [0.25, 0.3) is 10.2 Å². The highest BCUT2D eigenvalue weighted by molar-refractivity contribution is 9.10. The largest absolute Gasteiger partial charge is 0.282 e. The Labute approximate surface area is 117 Å². The Balaban J connectivity index is 2.09. The summed E-state index contributed by atoms with van der Waals surface area (Å²) in [6.45, 7) is 4.24. The number of benzene rings is 1. The average molecular weight is 333 g/mol. The molecule has 0 amide bonds. The van der Waals surface area contributed by atoms with Gasteiger partial charge in [-0.2, -0.15) is 17.0 Å². The van der Waals surface area contributed by atoms with Crippen LogP contribution in [0.1, 0.15) is 18.9 Å². The minimum atomic E-state index is -3.24.